The van der Waals surface area contributed by atoms with Gasteiger partial charge in [0.25, 0.3) is 0 Å². The zero-order valence-electron chi connectivity index (χ0n) is 10.5. The van der Waals surface area contributed by atoms with E-state index in [0.717, 1.165) is 18.0 Å². The van der Waals surface area contributed by atoms with Crippen molar-refractivity contribution in [1.29, 1.82) is 0 Å². The van der Waals surface area contributed by atoms with Gasteiger partial charge in [-0.2, -0.15) is 0 Å². The Kier molecular flexibility index (Phi) is 3.19. The van der Waals surface area contributed by atoms with Crippen molar-refractivity contribution in [3.05, 3.63) is 30.6 Å². The molecular formula is C14H20N4. The predicted molar refractivity (Wildman–Crippen MR) is 73.6 cm³/mol. The maximum Gasteiger partial charge on any atom is 0.138 e. The zero-order valence-corrected chi connectivity index (χ0v) is 10.5. The summed E-state index contributed by atoms with van der Waals surface area (Å²) in [6.45, 7) is 0.775. The van der Waals surface area contributed by atoms with Crippen LogP contribution in [-0.2, 0) is 0 Å². The number of imidazole rings is 1. The second-order valence-corrected chi connectivity index (χ2v) is 5.10. The summed E-state index contributed by atoms with van der Waals surface area (Å²) in [4.78, 5) is 4.31. The first-order valence-electron chi connectivity index (χ1n) is 6.77. The summed E-state index contributed by atoms with van der Waals surface area (Å²) >= 11 is 0. The predicted octanol–water partition coefficient (Wildman–Crippen LogP) is 2.26. The fourth-order valence-electron chi connectivity index (χ4n) is 2.94. The Bertz CT molecular complexity index is 519. The molecule has 1 aliphatic carbocycles. The van der Waals surface area contributed by atoms with Gasteiger partial charge < -0.3 is 11.1 Å². The molecule has 2 atom stereocenters. The molecule has 2 unspecified atom stereocenters. The number of anilines is 1. The molecule has 3 rings (SSSR count). The van der Waals surface area contributed by atoms with Gasteiger partial charge in [-0.25, -0.2) is 4.98 Å². The summed E-state index contributed by atoms with van der Waals surface area (Å²) in [5, 5.41) is 3.65. The van der Waals surface area contributed by atoms with Gasteiger partial charge in [0, 0.05) is 18.4 Å². The van der Waals surface area contributed by atoms with Gasteiger partial charge >= 0.3 is 0 Å². The summed E-state index contributed by atoms with van der Waals surface area (Å²) in [5.74, 6) is 1.72. The topological polar surface area (TPSA) is 55.3 Å². The maximum absolute atomic E-state index is 5.88. The molecule has 0 bridgehead atoms. The normalized spacial score (nSPS) is 24.3. The molecule has 0 aromatic carbocycles. The number of aromatic nitrogens is 2. The fourth-order valence-corrected chi connectivity index (χ4v) is 2.94. The summed E-state index contributed by atoms with van der Waals surface area (Å²) in [7, 11) is 0. The van der Waals surface area contributed by atoms with Crippen molar-refractivity contribution in [3.63, 3.8) is 0 Å². The summed E-state index contributed by atoms with van der Waals surface area (Å²) in [6.07, 6.45) is 8.91. The van der Waals surface area contributed by atoms with Gasteiger partial charge in [-0.05, 0) is 37.4 Å². The Morgan fingerprint density at radius 2 is 2.22 bits per heavy atom. The lowest BCUT2D eigenvalue weighted by Crippen LogP contribution is -2.37. The van der Waals surface area contributed by atoms with E-state index in [1.165, 1.54) is 25.7 Å². The average molecular weight is 244 g/mol. The van der Waals surface area contributed by atoms with Crippen molar-refractivity contribution < 1.29 is 0 Å². The number of fused-ring (bicyclic) bond motifs is 1. The summed E-state index contributed by atoms with van der Waals surface area (Å²) in [6, 6.07) is 6.67. The molecule has 96 valence electrons. The van der Waals surface area contributed by atoms with Crippen molar-refractivity contribution in [3.8, 4) is 0 Å². The molecule has 2 aromatic rings. The van der Waals surface area contributed by atoms with Gasteiger partial charge in [-0.3, -0.25) is 4.40 Å². The number of hydrogen-bond acceptors (Lipinski definition) is 3. The van der Waals surface area contributed by atoms with Crippen LogP contribution in [-0.4, -0.2) is 22.0 Å². The van der Waals surface area contributed by atoms with Gasteiger partial charge in [0.2, 0.25) is 0 Å². The van der Waals surface area contributed by atoms with E-state index in [4.69, 9.17) is 5.73 Å². The average Bonchev–Trinajstić information content (AvgIpc) is 2.89. The van der Waals surface area contributed by atoms with E-state index < -0.39 is 0 Å². The van der Waals surface area contributed by atoms with Crippen LogP contribution in [0.5, 0.6) is 0 Å². The summed E-state index contributed by atoms with van der Waals surface area (Å²) in [5.41, 5.74) is 6.87. The van der Waals surface area contributed by atoms with Crippen LogP contribution in [0.2, 0.25) is 0 Å². The highest BCUT2D eigenvalue weighted by Gasteiger charge is 2.24. The minimum Gasteiger partial charge on any atom is -0.368 e. The van der Waals surface area contributed by atoms with Gasteiger partial charge in [-0.1, -0.05) is 18.9 Å². The van der Waals surface area contributed by atoms with E-state index in [0.29, 0.717) is 12.0 Å². The third-order valence-electron chi connectivity index (χ3n) is 3.97. The van der Waals surface area contributed by atoms with E-state index in [1.54, 1.807) is 0 Å². The molecule has 0 spiro atoms. The molecule has 1 saturated carbocycles. The van der Waals surface area contributed by atoms with Crippen molar-refractivity contribution in [1.82, 2.24) is 9.38 Å². The first-order valence-corrected chi connectivity index (χ1v) is 6.77. The van der Waals surface area contributed by atoms with Crippen molar-refractivity contribution in [2.45, 2.75) is 31.7 Å². The number of nitrogens with zero attached hydrogens (tertiary/aromatic N) is 2. The first-order chi connectivity index (χ1) is 8.88. The molecular weight excluding hydrogens is 224 g/mol. The maximum atomic E-state index is 5.88. The van der Waals surface area contributed by atoms with Crippen LogP contribution in [0.25, 0.3) is 5.65 Å². The van der Waals surface area contributed by atoms with E-state index in [1.807, 2.05) is 24.5 Å². The molecule has 18 heavy (non-hydrogen) atoms. The number of pyridine rings is 1. The van der Waals surface area contributed by atoms with E-state index in [9.17, 15) is 0 Å². The standard InChI is InChI=1S/C14H20N4/c15-10-11-4-1-2-5-12(11)17-14-7-3-6-13-16-8-9-18(13)14/h3,6-9,11-12,17H,1-2,4-5,10,15H2. The Labute approximate surface area is 107 Å². The third kappa shape index (κ3) is 2.08. The van der Waals surface area contributed by atoms with Crippen molar-refractivity contribution >= 4 is 11.5 Å². The lowest BCUT2D eigenvalue weighted by atomic mass is 9.84. The summed E-state index contributed by atoms with van der Waals surface area (Å²) < 4.78 is 2.10. The highest BCUT2D eigenvalue weighted by Crippen LogP contribution is 2.26. The highest BCUT2D eigenvalue weighted by molar-refractivity contribution is 5.50. The molecule has 3 N–H and O–H groups in total. The second-order valence-electron chi connectivity index (χ2n) is 5.10. The van der Waals surface area contributed by atoms with Crippen molar-refractivity contribution in [2.75, 3.05) is 11.9 Å². The first kappa shape index (κ1) is 11.5. The number of nitrogens with one attached hydrogen (secondary N) is 1. The largest absolute Gasteiger partial charge is 0.368 e. The molecule has 4 nitrogen and oxygen atoms in total. The quantitative estimate of drug-likeness (QED) is 0.870. The highest BCUT2D eigenvalue weighted by atomic mass is 15.1. The molecule has 0 radical (unpaired) electrons. The minimum absolute atomic E-state index is 0.497. The van der Waals surface area contributed by atoms with Gasteiger partial charge in [0.1, 0.15) is 11.5 Å². The van der Waals surface area contributed by atoms with Crippen LogP contribution >= 0.6 is 0 Å². The molecule has 0 saturated heterocycles. The SMILES string of the molecule is NCC1CCCCC1Nc1cccc2nccn12. The van der Waals surface area contributed by atoms with Gasteiger partial charge in [-0.15, -0.1) is 0 Å². The fraction of sp³-hybridized carbons (Fsp3) is 0.500. The number of hydrogen-bond donors (Lipinski definition) is 2. The van der Waals surface area contributed by atoms with E-state index in [2.05, 4.69) is 20.8 Å². The van der Waals surface area contributed by atoms with Crippen LogP contribution < -0.4 is 11.1 Å². The van der Waals surface area contributed by atoms with Crippen LogP contribution in [0, 0.1) is 5.92 Å². The van der Waals surface area contributed by atoms with Crippen molar-refractivity contribution in [2.24, 2.45) is 11.7 Å². The van der Waals surface area contributed by atoms with Crippen LogP contribution in [0.15, 0.2) is 30.6 Å². The Hall–Kier alpha value is -1.55. The molecule has 1 aliphatic rings. The molecule has 4 heteroatoms. The Balaban J connectivity index is 1.84. The zero-order chi connectivity index (χ0) is 12.4. The van der Waals surface area contributed by atoms with Crippen LogP contribution in [0.1, 0.15) is 25.7 Å². The van der Waals surface area contributed by atoms with Gasteiger partial charge in [0.15, 0.2) is 0 Å². The third-order valence-corrected chi connectivity index (χ3v) is 3.97. The number of nitrogens with two attached hydrogens (primary N) is 1. The molecule has 2 aromatic heterocycles. The molecule has 0 aliphatic heterocycles. The minimum atomic E-state index is 0.497. The lowest BCUT2D eigenvalue weighted by Gasteiger charge is -2.32. The van der Waals surface area contributed by atoms with Crippen LogP contribution in [0.4, 0.5) is 5.82 Å². The molecule has 2 heterocycles. The van der Waals surface area contributed by atoms with E-state index in [-0.39, 0.29) is 0 Å². The lowest BCUT2D eigenvalue weighted by molar-refractivity contribution is 0.332. The molecule has 1 fully saturated rings. The van der Waals surface area contributed by atoms with E-state index >= 15 is 0 Å². The smallest absolute Gasteiger partial charge is 0.138 e. The Morgan fingerprint density at radius 3 is 3.11 bits per heavy atom. The monoisotopic (exact) mass is 244 g/mol. The Morgan fingerprint density at radius 1 is 1.33 bits per heavy atom. The number of rotatable bonds is 3. The van der Waals surface area contributed by atoms with Gasteiger partial charge in [0.05, 0.1) is 0 Å². The van der Waals surface area contributed by atoms with Crippen LogP contribution in [0.3, 0.4) is 0 Å². The second kappa shape index (κ2) is 4.98. The molecule has 0 amide bonds.